The molecule has 0 aliphatic carbocycles. The topological polar surface area (TPSA) is 114 Å². The van der Waals surface area contributed by atoms with Crippen LogP contribution < -0.4 is 10.6 Å². The lowest BCUT2D eigenvalue weighted by atomic mass is 10.2. The molecule has 2 amide bonds. The average Bonchev–Trinajstić information content (AvgIpc) is 3.02. The van der Waals surface area contributed by atoms with E-state index in [2.05, 4.69) is 15.6 Å². The van der Waals surface area contributed by atoms with Crippen LogP contribution in [-0.2, 0) is 4.79 Å². The molecule has 27 heavy (non-hydrogen) atoms. The van der Waals surface area contributed by atoms with Gasteiger partial charge in [0, 0.05) is 24.2 Å². The van der Waals surface area contributed by atoms with Gasteiger partial charge in [-0.05, 0) is 24.3 Å². The summed E-state index contributed by atoms with van der Waals surface area (Å²) in [4.78, 5) is 38.4. The Kier molecular flexibility index (Phi) is 5.33. The highest BCUT2D eigenvalue weighted by Gasteiger charge is 2.15. The van der Waals surface area contributed by atoms with Gasteiger partial charge in [-0.25, -0.2) is 4.98 Å². The summed E-state index contributed by atoms with van der Waals surface area (Å²) in [6, 6.07) is 8.78. The molecule has 2 aromatic carbocycles. The van der Waals surface area contributed by atoms with Crippen molar-refractivity contribution in [2.45, 2.75) is 13.3 Å². The smallest absolute Gasteiger partial charge is 0.270 e. The van der Waals surface area contributed by atoms with Gasteiger partial charge in [0.2, 0.25) is 5.91 Å². The molecule has 0 spiro atoms. The molecule has 3 rings (SSSR count). The number of thiazole rings is 1. The number of carbonyl (C=O) groups excluding carboxylic acids is 2. The Bertz CT molecular complexity index is 1070. The van der Waals surface area contributed by atoms with E-state index in [4.69, 9.17) is 11.6 Å². The Morgan fingerprint density at radius 1 is 1.22 bits per heavy atom. The first-order chi connectivity index (χ1) is 12.9. The fourth-order valence-electron chi connectivity index (χ4n) is 2.26. The minimum Gasteiger partial charge on any atom is -0.322 e. The highest BCUT2D eigenvalue weighted by Crippen LogP contribution is 2.29. The second kappa shape index (κ2) is 7.68. The van der Waals surface area contributed by atoms with Crippen LogP contribution in [0.15, 0.2) is 36.4 Å². The van der Waals surface area contributed by atoms with Crippen LogP contribution in [-0.4, -0.2) is 21.7 Å². The van der Waals surface area contributed by atoms with Crippen molar-refractivity contribution in [1.82, 2.24) is 4.98 Å². The van der Waals surface area contributed by atoms with E-state index in [1.807, 2.05) is 0 Å². The number of carbonyl (C=O) groups is 2. The van der Waals surface area contributed by atoms with E-state index in [9.17, 15) is 19.7 Å². The largest absolute Gasteiger partial charge is 0.322 e. The van der Waals surface area contributed by atoms with Gasteiger partial charge in [0.1, 0.15) is 0 Å². The maximum atomic E-state index is 12.4. The predicted molar refractivity (Wildman–Crippen MR) is 105 cm³/mol. The van der Waals surface area contributed by atoms with Crippen LogP contribution >= 0.6 is 22.9 Å². The fourth-order valence-corrected chi connectivity index (χ4v) is 3.45. The number of hydrogen-bond acceptors (Lipinski definition) is 6. The number of nitro groups is 1. The molecule has 0 fully saturated rings. The third kappa shape index (κ3) is 4.21. The van der Waals surface area contributed by atoms with Crippen molar-refractivity contribution in [3.63, 3.8) is 0 Å². The van der Waals surface area contributed by atoms with Crippen LogP contribution in [0.25, 0.3) is 10.2 Å². The molecule has 0 saturated carbocycles. The van der Waals surface area contributed by atoms with E-state index < -0.39 is 10.8 Å². The third-order valence-electron chi connectivity index (χ3n) is 3.62. The molecule has 2 N–H and O–H groups in total. The number of hydrogen-bond donors (Lipinski definition) is 2. The SMILES string of the molecule is CCC(=O)Nc1nc2ccc(NC(=O)c3ccc([N+](=O)[O-])cc3Cl)cc2s1. The van der Waals surface area contributed by atoms with Crippen LogP contribution in [0.2, 0.25) is 5.02 Å². The van der Waals surface area contributed by atoms with Gasteiger partial charge in [0.15, 0.2) is 5.13 Å². The number of rotatable bonds is 5. The van der Waals surface area contributed by atoms with Crippen LogP contribution in [0.4, 0.5) is 16.5 Å². The van der Waals surface area contributed by atoms with Gasteiger partial charge in [-0.1, -0.05) is 29.9 Å². The number of fused-ring (bicyclic) bond motifs is 1. The Labute approximate surface area is 162 Å². The quantitative estimate of drug-likeness (QED) is 0.481. The summed E-state index contributed by atoms with van der Waals surface area (Å²) in [5, 5.41) is 16.6. The number of non-ortho nitro benzene ring substituents is 1. The number of aromatic nitrogens is 1. The minimum absolute atomic E-state index is 0.00914. The number of halogens is 1. The molecule has 0 atom stereocenters. The van der Waals surface area contributed by atoms with E-state index >= 15 is 0 Å². The Hall–Kier alpha value is -3.04. The first-order valence-electron chi connectivity index (χ1n) is 7.83. The average molecular weight is 405 g/mol. The number of anilines is 2. The fraction of sp³-hybridized carbons (Fsp3) is 0.118. The number of nitro benzene ring substituents is 1. The Balaban J connectivity index is 1.80. The summed E-state index contributed by atoms with van der Waals surface area (Å²) in [5.41, 5.74) is 1.14. The molecule has 0 radical (unpaired) electrons. The van der Waals surface area contributed by atoms with E-state index in [0.717, 1.165) is 10.8 Å². The molecular weight excluding hydrogens is 392 g/mol. The Morgan fingerprint density at radius 3 is 2.67 bits per heavy atom. The summed E-state index contributed by atoms with van der Waals surface area (Å²) in [7, 11) is 0. The third-order valence-corrected chi connectivity index (χ3v) is 4.87. The highest BCUT2D eigenvalue weighted by molar-refractivity contribution is 7.22. The second-order valence-electron chi connectivity index (χ2n) is 5.48. The van der Waals surface area contributed by atoms with Gasteiger partial charge in [0.05, 0.1) is 25.7 Å². The zero-order valence-electron chi connectivity index (χ0n) is 14.0. The molecule has 0 bridgehead atoms. The molecule has 10 heteroatoms. The van der Waals surface area contributed by atoms with E-state index in [1.165, 1.54) is 23.5 Å². The maximum absolute atomic E-state index is 12.4. The maximum Gasteiger partial charge on any atom is 0.270 e. The predicted octanol–water partition coefficient (Wildman–Crippen LogP) is 4.46. The molecule has 0 aliphatic rings. The molecule has 0 saturated heterocycles. The van der Waals surface area contributed by atoms with Gasteiger partial charge in [-0.3, -0.25) is 19.7 Å². The summed E-state index contributed by atoms with van der Waals surface area (Å²) < 4.78 is 0.786. The number of nitrogens with zero attached hydrogens (tertiary/aromatic N) is 2. The lowest BCUT2D eigenvalue weighted by Crippen LogP contribution is -2.12. The minimum atomic E-state index is -0.583. The van der Waals surface area contributed by atoms with E-state index in [0.29, 0.717) is 22.8 Å². The first kappa shape index (κ1) is 18.7. The van der Waals surface area contributed by atoms with Crippen molar-refractivity contribution in [2.75, 3.05) is 10.6 Å². The monoisotopic (exact) mass is 404 g/mol. The summed E-state index contributed by atoms with van der Waals surface area (Å²) in [6.45, 7) is 1.75. The van der Waals surface area contributed by atoms with Crippen molar-refractivity contribution in [2.24, 2.45) is 0 Å². The van der Waals surface area contributed by atoms with Gasteiger partial charge >= 0.3 is 0 Å². The van der Waals surface area contributed by atoms with Crippen molar-refractivity contribution >= 4 is 61.5 Å². The molecule has 0 unspecified atom stereocenters. The van der Waals surface area contributed by atoms with Crippen molar-refractivity contribution in [3.05, 3.63) is 57.1 Å². The number of amides is 2. The number of benzene rings is 2. The lowest BCUT2D eigenvalue weighted by molar-refractivity contribution is -0.384. The molecular formula is C17H13ClN4O4S. The molecule has 3 aromatic rings. The molecule has 1 aromatic heterocycles. The van der Waals surface area contributed by atoms with Gasteiger partial charge < -0.3 is 10.6 Å². The summed E-state index contributed by atoms with van der Waals surface area (Å²) in [6.07, 6.45) is 0.354. The van der Waals surface area contributed by atoms with Gasteiger partial charge in [-0.2, -0.15) is 0 Å². The summed E-state index contributed by atoms with van der Waals surface area (Å²) in [5.74, 6) is -0.617. The Morgan fingerprint density at radius 2 is 2.00 bits per heavy atom. The van der Waals surface area contributed by atoms with Crippen molar-refractivity contribution < 1.29 is 14.5 Å². The molecule has 138 valence electrons. The second-order valence-corrected chi connectivity index (χ2v) is 6.92. The lowest BCUT2D eigenvalue weighted by Gasteiger charge is -2.06. The molecule has 1 heterocycles. The first-order valence-corrected chi connectivity index (χ1v) is 9.02. The van der Waals surface area contributed by atoms with Crippen LogP contribution in [0, 0.1) is 10.1 Å². The van der Waals surface area contributed by atoms with Crippen LogP contribution in [0.3, 0.4) is 0 Å². The molecule has 8 nitrogen and oxygen atoms in total. The normalized spacial score (nSPS) is 10.6. The van der Waals surface area contributed by atoms with Crippen molar-refractivity contribution in [1.29, 1.82) is 0 Å². The highest BCUT2D eigenvalue weighted by atomic mass is 35.5. The molecule has 0 aliphatic heterocycles. The van der Waals surface area contributed by atoms with Crippen LogP contribution in [0.5, 0.6) is 0 Å². The zero-order valence-corrected chi connectivity index (χ0v) is 15.6. The number of nitrogens with one attached hydrogen (secondary N) is 2. The standard InChI is InChI=1S/C17H13ClN4O4S/c1-2-15(23)21-17-20-13-6-3-9(7-14(13)27-17)19-16(24)11-5-4-10(22(25)26)8-12(11)18/h3-8H,2H2,1H3,(H,19,24)(H,20,21,23). The van der Waals surface area contributed by atoms with E-state index in [-0.39, 0.29) is 22.2 Å². The van der Waals surface area contributed by atoms with Gasteiger partial charge in [-0.15, -0.1) is 0 Å². The van der Waals surface area contributed by atoms with Crippen molar-refractivity contribution in [3.8, 4) is 0 Å². The van der Waals surface area contributed by atoms with Crippen LogP contribution in [0.1, 0.15) is 23.7 Å². The zero-order chi connectivity index (χ0) is 19.6. The van der Waals surface area contributed by atoms with E-state index in [1.54, 1.807) is 25.1 Å². The van der Waals surface area contributed by atoms with Gasteiger partial charge in [0.25, 0.3) is 11.6 Å². The summed E-state index contributed by atoms with van der Waals surface area (Å²) >= 11 is 7.27.